The largest absolute Gasteiger partial charge is 0.466 e. The summed E-state index contributed by atoms with van der Waals surface area (Å²) in [6.45, 7) is 3.24. The molecular weight excluding hydrogens is 264 g/mol. The Bertz CT molecular complexity index is 645. The van der Waals surface area contributed by atoms with E-state index >= 15 is 0 Å². The number of esters is 1. The average molecular weight is 284 g/mol. The first kappa shape index (κ1) is 15.2. The Balaban J connectivity index is 1.87. The smallest absolute Gasteiger partial charge is 0.333 e. The van der Waals surface area contributed by atoms with Crippen molar-refractivity contribution in [3.05, 3.63) is 53.7 Å². The van der Waals surface area contributed by atoms with Crippen LogP contribution in [0.15, 0.2) is 48.2 Å². The minimum absolute atomic E-state index is 0.282. The van der Waals surface area contributed by atoms with Gasteiger partial charge in [-0.3, -0.25) is 4.98 Å². The molecule has 0 saturated heterocycles. The number of ether oxygens (including phenoxy) is 1. The van der Waals surface area contributed by atoms with E-state index in [4.69, 9.17) is 0 Å². The maximum Gasteiger partial charge on any atom is 0.333 e. The monoisotopic (exact) mass is 284 g/mol. The summed E-state index contributed by atoms with van der Waals surface area (Å²) in [5.41, 5.74) is 2.91. The van der Waals surface area contributed by atoms with Crippen molar-refractivity contribution in [2.45, 2.75) is 13.3 Å². The topological polar surface area (TPSA) is 51.2 Å². The Morgan fingerprint density at radius 3 is 2.95 bits per heavy atom. The second-order valence-corrected chi connectivity index (χ2v) is 4.83. The second-order valence-electron chi connectivity index (χ2n) is 4.83. The van der Waals surface area contributed by atoms with E-state index in [9.17, 15) is 4.79 Å². The van der Waals surface area contributed by atoms with Crippen LogP contribution in [0.4, 0.5) is 0 Å². The molecule has 0 bridgehead atoms. The van der Waals surface area contributed by atoms with Gasteiger partial charge in [0.15, 0.2) is 0 Å². The molecule has 0 spiro atoms. The molecule has 0 amide bonds. The highest BCUT2D eigenvalue weighted by Gasteiger charge is 2.02. The summed E-state index contributed by atoms with van der Waals surface area (Å²) in [6, 6.07) is 10.3. The van der Waals surface area contributed by atoms with Crippen LogP contribution in [0.25, 0.3) is 10.9 Å². The van der Waals surface area contributed by atoms with Gasteiger partial charge in [0, 0.05) is 23.7 Å². The Hall–Kier alpha value is -2.20. The Morgan fingerprint density at radius 2 is 2.14 bits per heavy atom. The van der Waals surface area contributed by atoms with Crippen molar-refractivity contribution in [3.63, 3.8) is 0 Å². The van der Waals surface area contributed by atoms with Gasteiger partial charge >= 0.3 is 5.97 Å². The van der Waals surface area contributed by atoms with Gasteiger partial charge in [0.05, 0.1) is 12.6 Å². The summed E-state index contributed by atoms with van der Waals surface area (Å²) in [4.78, 5) is 15.7. The zero-order valence-electron chi connectivity index (χ0n) is 12.4. The standard InChI is InChI=1S/C17H20N2O2/c1-13(17(20)21-2)8-11-18-12-9-15-6-3-5-14-7-4-10-19-16(14)15/h3-8,10,18H,9,11-12H2,1-2H3/b13-8+. The van der Waals surface area contributed by atoms with Gasteiger partial charge in [-0.25, -0.2) is 4.79 Å². The molecule has 0 aliphatic rings. The van der Waals surface area contributed by atoms with Crippen LogP contribution < -0.4 is 5.32 Å². The van der Waals surface area contributed by atoms with Crippen LogP contribution in [0, 0.1) is 0 Å². The average Bonchev–Trinajstić information content (AvgIpc) is 2.53. The van der Waals surface area contributed by atoms with Crippen LogP contribution in [0.1, 0.15) is 12.5 Å². The van der Waals surface area contributed by atoms with Crippen LogP contribution in [0.3, 0.4) is 0 Å². The predicted molar refractivity (Wildman–Crippen MR) is 84.1 cm³/mol. The summed E-state index contributed by atoms with van der Waals surface area (Å²) < 4.78 is 4.64. The fraction of sp³-hybridized carbons (Fsp3) is 0.294. The molecule has 0 unspecified atom stereocenters. The van der Waals surface area contributed by atoms with Gasteiger partial charge in [0.1, 0.15) is 0 Å². The van der Waals surface area contributed by atoms with Gasteiger partial charge < -0.3 is 10.1 Å². The van der Waals surface area contributed by atoms with Gasteiger partial charge in [0.25, 0.3) is 0 Å². The second kappa shape index (κ2) is 7.55. The first-order chi connectivity index (χ1) is 10.2. The molecule has 110 valence electrons. The number of fused-ring (bicyclic) bond motifs is 1. The lowest BCUT2D eigenvalue weighted by Gasteiger charge is -2.06. The third-order valence-electron chi connectivity index (χ3n) is 3.35. The number of nitrogens with one attached hydrogen (secondary N) is 1. The zero-order chi connectivity index (χ0) is 15.1. The van der Waals surface area contributed by atoms with Crippen LogP contribution >= 0.6 is 0 Å². The highest BCUT2D eigenvalue weighted by Crippen LogP contribution is 2.15. The highest BCUT2D eigenvalue weighted by atomic mass is 16.5. The molecule has 0 radical (unpaired) electrons. The van der Waals surface area contributed by atoms with Crippen molar-refractivity contribution in [2.75, 3.05) is 20.2 Å². The van der Waals surface area contributed by atoms with E-state index in [0.717, 1.165) is 23.9 Å². The fourth-order valence-electron chi connectivity index (χ4n) is 2.16. The van der Waals surface area contributed by atoms with Crippen molar-refractivity contribution in [3.8, 4) is 0 Å². The van der Waals surface area contributed by atoms with E-state index in [0.29, 0.717) is 12.1 Å². The molecule has 4 nitrogen and oxygen atoms in total. The predicted octanol–water partition coefficient (Wildman–Crippen LogP) is 2.49. The molecule has 2 aromatic rings. The zero-order valence-corrected chi connectivity index (χ0v) is 12.4. The van der Waals surface area contributed by atoms with Crippen molar-refractivity contribution in [2.24, 2.45) is 0 Å². The highest BCUT2D eigenvalue weighted by molar-refractivity contribution is 5.87. The Morgan fingerprint density at radius 1 is 1.33 bits per heavy atom. The maximum absolute atomic E-state index is 11.2. The molecule has 1 aromatic heterocycles. The SMILES string of the molecule is COC(=O)/C(C)=C/CNCCc1cccc2cccnc12. The van der Waals surface area contributed by atoms with E-state index in [1.807, 2.05) is 18.3 Å². The van der Waals surface area contributed by atoms with Crippen molar-refractivity contribution < 1.29 is 9.53 Å². The van der Waals surface area contributed by atoms with Gasteiger partial charge in [-0.1, -0.05) is 30.3 Å². The molecule has 0 saturated carbocycles. The third-order valence-corrected chi connectivity index (χ3v) is 3.35. The molecule has 2 rings (SSSR count). The molecule has 21 heavy (non-hydrogen) atoms. The summed E-state index contributed by atoms with van der Waals surface area (Å²) in [5, 5.41) is 4.46. The maximum atomic E-state index is 11.2. The van der Waals surface area contributed by atoms with Gasteiger partial charge in [-0.15, -0.1) is 0 Å². The lowest BCUT2D eigenvalue weighted by molar-refractivity contribution is -0.136. The molecule has 4 heteroatoms. The number of para-hydroxylation sites is 1. The number of aromatic nitrogens is 1. The van der Waals surface area contributed by atoms with Crippen molar-refractivity contribution in [1.82, 2.24) is 10.3 Å². The number of methoxy groups -OCH3 is 1. The van der Waals surface area contributed by atoms with Crippen LogP contribution in [0.5, 0.6) is 0 Å². The number of carbonyl (C=O) groups excluding carboxylic acids is 1. The minimum Gasteiger partial charge on any atom is -0.466 e. The molecule has 1 heterocycles. The Kier molecular flexibility index (Phi) is 5.46. The van der Waals surface area contributed by atoms with Crippen LogP contribution in [-0.4, -0.2) is 31.2 Å². The first-order valence-electron chi connectivity index (χ1n) is 7.01. The number of hydrogen-bond donors (Lipinski definition) is 1. The minimum atomic E-state index is -0.282. The summed E-state index contributed by atoms with van der Waals surface area (Å²) in [7, 11) is 1.39. The summed E-state index contributed by atoms with van der Waals surface area (Å²) in [6.07, 6.45) is 4.56. The molecule has 1 aromatic carbocycles. The molecule has 1 N–H and O–H groups in total. The molecule has 0 aliphatic carbocycles. The van der Waals surface area contributed by atoms with E-state index < -0.39 is 0 Å². The lowest BCUT2D eigenvalue weighted by Crippen LogP contribution is -2.18. The Labute approximate surface area is 124 Å². The van der Waals surface area contributed by atoms with E-state index in [1.54, 1.807) is 6.92 Å². The third kappa shape index (κ3) is 4.13. The normalized spacial score (nSPS) is 11.6. The van der Waals surface area contributed by atoms with Crippen molar-refractivity contribution in [1.29, 1.82) is 0 Å². The fourth-order valence-corrected chi connectivity index (χ4v) is 2.16. The van der Waals surface area contributed by atoms with E-state index in [-0.39, 0.29) is 5.97 Å². The number of carbonyl (C=O) groups is 1. The molecule has 0 atom stereocenters. The summed E-state index contributed by atoms with van der Waals surface area (Å²) in [5.74, 6) is -0.282. The van der Waals surface area contributed by atoms with E-state index in [1.165, 1.54) is 12.7 Å². The number of rotatable bonds is 6. The number of benzene rings is 1. The van der Waals surface area contributed by atoms with Gasteiger partial charge in [0.2, 0.25) is 0 Å². The number of nitrogens with zero attached hydrogens (tertiary/aromatic N) is 1. The van der Waals surface area contributed by atoms with Gasteiger partial charge in [-0.05, 0) is 31.5 Å². The number of hydrogen-bond acceptors (Lipinski definition) is 4. The molecular formula is C17H20N2O2. The van der Waals surface area contributed by atoms with E-state index in [2.05, 4.69) is 39.3 Å². The quantitative estimate of drug-likeness (QED) is 0.503. The van der Waals surface area contributed by atoms with Gasteiger partial charge in [-0.2, -0.15) is 0 Å². The first-order valence-corrected chi connectivity index (χ1v) is 7.01. The summed E-state index contributed by atoms with van der Waals surface area (Å²) >= 11 is 0. The molecule has 0 fully saturated rings. The van der Waals surface area contributed by atoms with Crippen molar-refractivity contribution >= 4 is 16.9 Å². The lowest BCUT2D eigenvalue weighted by atomic mass is 10.1. The van der Waals surface area contributed by atoms with Crippen LogP contribution in [-0.2, 0) is 16.0 Å². The number of pyridine rings is 1. The van der Waals surface area contributed by atoms with Crippen LogP contribution in [0.2, 0.25) is 0 Å². The molecule has 0 aliphatic heterocycles.